The van der Waals surface area contributed by atoms with Crippen LogP contribution in [0.15, 0.2) is 42.6 Å². The molecule has 2 atom stereocenters. The molecular weight excluding hydrogens is 423 g/mol. The molecule has 1 fully saturated rings. The SMILES string of the molecule is CC1(C2CCN(C(=O)Nc3ccc(Cl)cc3)CC2)[C@@H](O)c2cc(Cl)cc3cnn1c23. The first-order valence-electron chi connectivity index (χ1n) is 10.0. The quantitative estimate of drug-likeness (QED) is 0.580. The average Bonchev–Trinajstić information content (AvgIpc) is 3.26. The van der Waals surface area contributed by atoms with E-state index in [2.05, 4.69) is 17.3 Å². The van der Waals surface area contributed by atoms with Gasteiger partial charge in [-0.15, -0.1) is 0 Å². The number of carbonyl (C=O) groups is 1. The molecule has 1 aromatic heterocycles. The second-order valence-electron chi connectivity index (χ2n) is 8.32. The van der Waals surface area contributed by atoms with E-state index in [1.54, 1.807) is 24.3 Å². The number of nitrogens with zero attached hydrogens (tertiary/aromatic N) is 3. The van der Waals surface area contributed by atoms with Crippen molar-refractivity contribution in [1.82, 2.24) is 14.7 Å². The van der Waals surface area contributed by atoms with Crippen molar-refractivity contribution < 1.29 is 9.90 Å². The van der Waals surface area contributed by atoms with Gasteiger partial charge in [0.2, 0.25) is 0 Å². The number of amides is 2. The Balaban J connectivity index is 1.32. The predicted octanol–water partition coefficient (Wildman–Crippen LogP) is 5.05. The summed E-state index contributed by atoms with van der Waals surface area (Å²) in [4.78, 5) is 14.5. The minimum Gasteiger partial charge on any atom is -0.386 e. The van der Waals surface area contributed by atoms with Crippen LogP contribution in [0, 0.1) is 5.92 Å². The van der Waals surface area contributed by atoms with E-state index < -0.39 is 11.6 Å². The van der Waals surface area contributed by atoms with Gasteiger partial charge in [0.25, 0.3) is 0 Å². The molecule has 0 bridgehead atoms. The fraction of sp³-hybridized carbons (Fsp3) is 0.364. The van der Waals surface area contributed by atoms with E-state index in [0.29, 0.717) is 23.1 Å². The molecule has 156 valence electrons. The maximum absolute atomic E-state index is 12.7. The summed E-state index contributed by atoms with van der Waals surface area (Å²) in [6.07, 6.45) is 2.70. The Morgan fingerprint density at radius 1 is 1.17 bits per heavy atom. The van der Waals surface area contributed by atoms with Crippen LogP contribution in [0.3, 0.4) is 0 Å². The lowest BCUT2D eigenvalue weighted by Gasteiger charge is -2.42. The Morgan fingerprint density at radius 3 is 2.57 bits per heavy atom. The molecule has 1 unspecified atom stereocenters. The maximum Gasteiger partial charge on any atom is 0.321 e. The van der Waals surface area contributed by atoms with Gasteiger partial charge in [0.05, 0.1) is 17.3 Å². The number of benzene rings is 2. The summed E-state index contributed by atoms with van der Waals surface area (Å²) in [5.74, 6) is 0.182. The number of halogens is 2. The zero-order valence-electron chi connectivity index (χ0n) is 16.5. The molecule has 1 saturated heterocycles. The van der Waals surface area contributed by atoms with Gasteiger partial charge >= 0.3 is 6.03 Å². The molecule has 3 heterocycles. The largest absolute Gasteiger partial charge is 0.386 e. The zero-order chi connectivity index (χ0) is 21.0. The fourth-order valence-electron chi connectivity index (χ4n) is 4.97. The minimum absolute atomic E-state index is 0.121. The molecule has 2 amide bonds. The molecule has 2 aliphatic heterocycles. The zero-order valence-corrected chi connectivity index (χ0v) is 18.0. The lowest BCUT2D eigenvalue weighted by Crippen LogP contribution is -2.49. The highest BCUT2D eigenvalue weighted by atomic mass is 35.5. The van der Waals surface area contributed by atoms with Gasteiger partial charge in [0.15, 0.2) is 0 Å². The van der Waals surface area contributed by atoms with E-state index in [-0.39, 0.29) is 11.9 Å². The van der Waals surface area contributed by atoms with Gasteiger partial charge in [0.1, 0.15) is 6.10 Å². The highest BCUT2D eigenvalue weighted by Crippen LogP contribution is 2.51. The van der Waals surface area contributed by atoms with Crippen molar-refractivity contribution in [2.24, 2.45) is 5.92 Å². The standard InChI is InChI=1S/C22H22Cl2N4O2/c1-22(20(29)18-11-16(24)10-13-12-25-28(22)19(13)18)14-6-8-27(9-7-14)21(30)26-17-4-2-15(23)3-5-17/h2-5,10-12,14,20,29H,6-9H2,1H3,(H,26,30)/t20-,22?/m0/s1. The first kappa shape index (κ1) is 19.7. The first-order chi connectivity index (χ1) is 14.4. The maximum atomic E-state index is 12.7. The number of aliphatic hydroxyl groups excluding tert-OH is 1. The van der Waals surface area contributed by atoms with Crippen molar-refractivity contribution in [3.05, 3.63) is 58.2 Å². The molecule has 6 nitrogen and oxygen atoms in total. The number of urea groups is 1. The van der Waals surface area contributed by atoms with Gasteiger partial charge in [-0.25, -0.2) is 4.79 Å². The van der Waals surface area contributed by atoms with Gasteiger partial charge in [-0.05, 0) is 62.1 Å². The van der Waals surface area contributed by atoms with Crippen LogP contribution >= 0.6 is 23.2 Å². The van der Waals surface area contributed by atoms with Crippen molar-refractivity contribution in [1.29, 1.82) is 0 Å². The summed E-state index contributed by atoms with van der Waals surface area (Å²) in [6.45, 7) is 3.30. The number of aromatic nitrogens is 2. The van der Waals surface area contributed by atoms with Crippen LogP contribution in [0.25, 0.3) is 10.9 Å². The highest BCUT2D eigenvalue weighted by molar-refractivity contribution is 6.31. The van der Waals surface area contributed by atoms with Crippen LogP contribution in [-0.4, -0.2) is 38.9 Å². The number of rotatable bonds is 2. The molecule has 2 aromatic carbocycles. The molecule has 2 aliphatic rings. The molecule has 0 spiro atoms. The van der Waals surface area contributed by atoms with Gasteiger partial charge in [-0.3, -0.25) is 4.68 Å². The summed E-state index contributed by atoms with van der Waals surface area (Å²) in [6, 6.07) is 10.7. The summed E-state index contributed by atoms with van der Waals surface area (Å²) in [5.41, 5.74) is 1.95. The molecule has 0 radical (unpaired) electrons. The number of nitrogens with one attached hydrogen (secondary N) is 1. The Morgan fingerprint density at radius 2 is 1.87 bits per heavy atom. The third-order valence-corrected chi connectivity index (χ3v) is 7.14. The lowest BCUT2D eigenvalue weighted by molar-refractivity contribution is -0.0111. The second-order valence-corrected chi connectivity index (χ2v) is 9.19. The van der Waals surface area contributed by atoms with Gasteiger partial charge < -0.3 is 15.3 Å². The van der Waals surface area contributed by atoms with E-state index in [9.17, 15) is 9.90 Å². The van der Waals surface area contributed by atoms with Crippen LogP contribution in [0.1, 0.15) is 31.4 Å². The van der Waals surface area contributed by atoms with Crippen LogP contribution in [0.5, 0.6) is 0 Å². The van der Waals surface area contributed by atoms with E-state index in [1.807, 2.05) is 27.9 Å². The molecule has 2 N–H and O–H groups in total. The average molecular weight is 445 g/mol. The Bertz CT molecular complexity index is 1120. The normalized spacial score (nSPS) is 23.9. The molecular formula is C22H22Cl2N4O2. The van der Waals surface area contributed by atoms with Crippen LogP contribution in [-0.2, 0) is 5.54 Å². The molecule has 30 heavy (non-hydrogen) atoms. The number of carbonyl (C=O) groups excluding carboxylic acids is 1. The predicted molar refractivity (Wildman–Crippen MR) is 118 cm³/mol. The number of aliphatic hydroxyl groups is 1. The Kier molecular flexibility index (Phi) is 4.69. The van der Waals surface area contributed by atoms with Crippen molar-refractivity contribution in [3.8, 4) is 0 Å². The van der Waals surface area contributed by atoms with E-state index in [0.717, 1.165) is 35.0 Å². The summed E-state index contributed by atoms with van der Waals surface area (Å²) < 4.78 is 1.97. The minimum atomic E-state index is -0.679. The van der Waals surface area contributed by atoms with E-state index in [1.165, 1.54) is 0 Å². The number of piperidine rings is 1. The number of hydrogen-bond donors (Lipinski definition) is 2. The van der Waals surface area contributed by atoms with Crippen molar-refractivity contribution >= 4 is 45.8 Å². The van der Waals surface area contributed by atoms with Crippen molar-refractivity contribution in [2.45, 2.75) is 31.4 Å². The van der Waals surface area contributed by atoms with Crippen LogP contribution < -0.4 is 5.32 Å². The molecule has 0 aliphatic carbocycles. The summed E-state index contributed by atoms with van der Waals surface area (Å²) in [5, 5.41) is 20.9. The molecule has 0 saturated carbocycles. The van der Waals surface area contributed by atoms with Gasteiger partial charge in [-0.1, -0.05) is 23.2 Å². The topological polar surface area (TPSA) is 70.4 Å². The summed E-state index contributed by atoms with van der Waals surface area (Å²) >= 11 is 12.2. The van der Waals surface area contributed by atoms with E-state index >= 15 is 0 Å². The smallest absolute Gasteiger partial charge is 0.321 e. The summed E-state index contributed by atoms with van der Waals surface area (Å²) in [7, 11) is 0. The third kappa shape index (κ3) is 2.97. The van der Waals surface area contributed by atoms with Crippen LogP contribution in [0.2, 0.25) is 10.0 Å². The van der Waals surface area contributed by atoms with Crippen molar-refractivity contribution in [2.75, 3.05) is 18.4 Å². The van der Waals surface area contributed by atoms with Gasteiger partial charge in [0, 0.05) is 39.8 Å². The number of likely N-dealkylation sites (tertiary alicyclic amines) is 1. The fourth-order valence-corrected chi connectivity index (χ4v) is 5.33. The van der Waals surface area contributed by atoms with Gasteiger partial charge in [-0.2, -0.15) is 5.10 Å². The van der Waals surface area contributed by atoms with Crippen molar-refractivity contribution in [3.63, 3.8) is 0 Å². The van der Waals surface area contributed by atoms with E-state index in [4.69, 9.17) is 23.2 Å². The molecule has 8 heteroatoms. The number of anilines is 1. The monoisotopic (exact) mass is 444 g/mol. The van der Waals surface area contributed by atoms with Crippen LogP contribution in [0.4, 0.5) is 10.5 Å². The first-order valence-corrected chi connectivity index (χ1v) is 10.8. The third-order valence-electron chi connectivity index (χ3n) is 6.67. The molecule has 3 aromatic rings. The molecule has 5 rings (SSSR count). The highest BCUT2D eigenvalue weighted by Gasteiger charge is 2.50. The second kappa shape index (κ2) is 7.15. The Labute approximate surface area is 184 Å². The lowest BCUT2D eigenvalue weighted by atomic mass is 9.75. The number of hydrogen-bond acceptors (Lipinski definition) is 3. The Hall–Kier alpha value is -2.28.